The van der Waals surface area contributed by atoms with E-state index in [1.165, 1.54) is 0 Å². The van der Waals surface area contributed by atoms with Gasteiger partial charge >= 0.3 is 0 Å². The number of rotatable bonds is 6. The fourth-order valence-corrected chi connectivity index (χ4v) is 1.80. The Labute approximate surface area is 107 Å². The zero-order chi connectivity index (χ0) is 13.4. The molecule has 1 unspecified atom stereocenters. The van der Waals surface area contributed by atoms with Crippen molar-refractivity contribution in [2.45, 2.75) is 33.3 Å². The highest BCUT2D eigenvalue weighted by Crippen LogP contribution is 2.11. The Balaban J connectivity index is 4.28. The van der Waals surface area contributed by atoms with Crippen LogP contribution in [0.2, 0.25) is 0 Å². The molecule has 0 fully saturated rings. The molecule has 102 valence electrons. The molecule has 1 atom stereocenters. The van der Waals surface area contributed by atoms with Crippen molar-refractivity contribution in [2.75, 3.05) is 41.3 Å². The Morgan fingerprint density at radius 3 is 2.00 bits per heavy atom. The van der Waals surface area contributed by atoms with E-state index >= 15 is 0 Å². The third-order valence-corrected chi connectivity index (χ3v) is 2.59. The van der Waals surface area contributed by atoms with Crippen LogP contribution in [0.5, 0.6) is 0 Å². The summed E-state index contributed by atoms with van der Waals surface area (Å²) in [5.41, 5.74) is 0. The summed E-state index contributed by atoms with van der Waals surface area (Å²) in [6, 6.07) is 0. The fourth-order valence-electron chi connectivity index (χ4n) is 1.80. The van der Waals surface area contributed by atoms with Crippen LogP contribution in [-0.2, 0) is 4.74 Å². The van der Waals surface area contributed by atoms with Gasteiger partial charge in [-0.1, -0.05) is 13.8 Å². The van der Waals surface area contributed by atoms with Crippen molar-refractivity contribution < 1.29 is 4.74 Å². The smallest absolute Gasteiger partial charge is 0.195 e. The fraction of sp³-hybridized carbons (Fsp3) is 0.923. The maximum absolute atomic E-state index is 5.71. The standard InChI is InChI=1S/C13H29N3O/c1-8-17-12(11(2)3)9-10-14-13(15(4)5)16(6)7/h11-12H,8-10H2,1-7H3. The first-order valence-electron chi connectivity index (χ1n) is 6.40. The summed E-state index contributed by atoms with van der Waals surface area (Å²) in [6.07, 6.45) is 1.30. The number of hydrogen-bond donors (Lipinski definition) is 0. The molecule has 0 saturated carbocycles. The lowest BCUT2D eigenvalue weighted by atomic mass is 10.0. The van der Waals surface area contributed by atoms with Crippen LogP contribution in [0.3, 0.4) is 0 Å². The third-order valence-electron chi connectivity index (χ3n) is 2.59. The van der Waals surface area contributed by atoms with Crippen molar-refractivity contribution in [3.63, 3.8) is 0 Å². The average molecular weight is 243 g/mol. The van der Waals surface area contributed by atoms with E-state index in [4.69, 9.17) is 4.74 Å². The van der Waals surface area contributed by atoms with E-state index in [-0.39, 0.29) is 0 Å². The van der Waals surface area contributed by atoms with Crippen LogP contribution in [0.25, 0.3) is 0 Å². The minimum absolute atomic E-state index is 0.314. The molecule has 0 aliphatic carbocycles. The lowest BCUT2D eigenvalue weighted by Gasteiger charge is -2.24. The summed E-state index contributed by atoms with van der Waals surface area (Å²) in [5.74, 6) is 1.55. The van der Waals surface area contributed by atoms with Crippen LogP contribution in [0.1, 0.15) is 27.2 Å². The number of ether oxygens (including phenoxy) is 1. The van der Waals surface area contributed by atoms with E-state index in [0.29, 0.717) is 12.0 Å². The van der Waals surface area contributed by atoms with Crippen molar-refractivity contribution in [2.24, 2.45) is 10.9 Å². The summed E-state index contributed by atoms with van der Waals surface area (Å²) in [4.78, 5) is 8.68. The van der Waals surface area contributed by atoms with Crippen molar-refractivity contribution >= 4 is 5.96 Å². The second-order valence-corrected chi connectivity index (χ2v) is 5.00. The Morgan fingerprint density at radius 2 is 1.65 bits per heavy atom. The largest absolute Gasteiger partial charge is 0.378 e. The van der Waals surface area contributed by atoms with Crippen LogP contribution in [0.15, 0.2) is 4.99 Å². The van der Waals surface area contributed by atoms with Gasteiger partial charge in [-0.25, -0.2) is 0 Å². The molecule has 0 N–H and O–H groups in total. The molecule has 4 heteroatoms. The summed E-state index contributed by atoms with van der Waals surface area (Å²) in [7, 11) is 8.06. The minimum atomic E-state index is 0.314. The summed E-state index contributed by atoms with van der Waals surface area (Å²) in [5, 5.41) is 0. The predicted molar refractivity (Wildman–Crippen MR) is 74.5 cm³/mol. The van der Waals surface area contributed by atoms with E-state index in [0.717, 1.165) is 25.5 Å². The van der Waals surface area contributed by atoms with E-state index in [1.807, 2.05) is 44.9 Å². The van der Waals surface area contributed by atoms with E-state index in [2.05, 4.69) is 18.8 Å². The highest BCUT2D eigenvalue weighted by atomic mass is 16.5. The zero-order valence-corrected chi connectivity index (χ0v) is 12.5. The summed E-state index contributed by atoms with van der Waals surface area (Å²) in [6.45, 7) is 8.03. The minimum Gasteiger partial charge on any atom is -0.378 e. The molecule has 0 rings (SSSR count). The van der Waals surface area contributed by atoms with E-state index < -0.39 is 0 Å². The first-order chi connectivity index (χ1) is 7.90. The highest BCUT2D eigenvalue weighted by Gasteiger charge is 2.13. The lowest BCUT2D eigenvalue weighted by molar-refractivity contribution is 0.0266. The number of hydrogen-bond acceptors (Lipinski definition) is 2. The Morgan fingerprint density at radius 1 is 1.12 bits per heavy atom. The van der Waals surface area contributed by atoms with Crippen LogP contribution >= 0.6 is 0 Å². The molecule has 0 amide bonds. The molecule has 0 aliphatic heterocycles. The van der Waals surface area contributed by atoms with Crippen LogP contribution in [-0.4, -0.2) is 63.2 Å². The van der Waals surface area contributed by atoms with Crippen molar-refractivity contribution in [3.8, 4) is 0 Å². The van der Waals surface area contributed by atoms with Gasteiger partial charge in [0.15, 0.2) is 5.96 Å². The third kappa shape index (κ3) is 6.51. The Kier molecular flexibility index (Phi) is 7.96. The molecular formula is C13H29N3O. The molecule has 0 aromatic rings. The van der Waals surface area contributed by atoms with Gasteiger partial charge in [0, 0.05) is 41.3 Å². The molecule has 0 spiro atoms. The van der Waals surface area contributed by atoms with Gasteiger partial charge in [0.1, 0.15) is 0 Å². The van der Waals surface area contributed by atoms with Crippen molar-refractivity contribution in [3.05, 3.63) is 0 Å². The maximum atomic E-state index is 5.71. The molecule has 0 bridgehead atoms. The van der Waals surface area contributed by atoms with Gasteiger partial charge in [-0.05, 0) is 19.3 Å². The lowest BCUT2D eigenvalue weighted by Crippen LogP contribution is -2.35. The van der Waals surface area contributed by atoms with E-state index in [1.54, 1.807) is 0 Å². The van der Waals surface area contributed by atoms with Gasteiger partial charge in [0.05, 0.1) is 6.10 Å². The van der Waals surface area contributed by atoms with Crippen LogP contribution in [0.4, 0.5) is 0 Å². The number of nitrogens with zero attached hydrogens (tertiary/aromatic N) is 3. The molecule has 17 heavy (non-hydrogen) atoms. The van der Waals surface area contributed by atoms with Gasteiger partial charge in [-0.2, -0.15) is 0 Å². The highest BCUT2D eigenvalue weighted by molar-refractivity contribution is 5.79. The molecule has 0 heterocycles. The second-order valence-electron chi connectivity index (χ2n) is 5.00. The van der Waals surface area contributed by atoms with E-state index in [9.17, 15) is 0 Å². The molecule has 0 aromatic carbocycles. The van der Waals surface area contributed by atoms with Crippen molar-refractivity contribution in [1.29, 1.82) is 0 Å². The van der Waals surface area contributed by atoms with Crippen LogP contribution in [0, 0.1) is 5.92 Å². The quantitative estimate of drug-likeness (QED) is 0.527. The topological polar surface area (TPSA) is 28.1 Å². The molecule has 4 nitrogen and oxygen atoms in total. The molecule has 0 radical (unpaired) electrons. The van der Waals surface area contributed by atoms with Gasteiger partial charge in [-0.3, -0.25) is 4.99 Å². The van der Waals surface area contributed by atoms with Gasteiger partial charge in [0.2, 0.25) is 0 Å². The Bertz CT molecular complexity index is 215. The number of aliphatic imine (C=N–C) groups is 1. The second kappa shape index (κ2) is 8.34. The van der Waals surface area contributed by atoms with Crippen molar-refractivity contribution in [1.82, 2.24) is 9.80 Å². The van der Waals surface area contributed by atoms with Gasteiger partial charge in [-0.15, -0.1) is 0 Å². The molecule has 0 aromatic heterocycles. The maximum Gasteiger partial charge on any atom is 0.195 e. The average Bonchev–Trinajstić information content (AvgIpc) is 2.20. The first kappa shape index (κ1) is 16.2. The first-order valence-corrected chi connectivity index (χ1v) is 6.40. The summed E-state index contributed by atoms with van der Waals surface area (Å²) >= 11 is 0. The van der Waals surface area contributed by atoms with Gasteiger partial charge in [0.25, 0.3) is 0 Å². The SMILES string of the molecule is CCOC(CCN=C(N(C)C)N(C)C)C(C)C. The van der Waals surface area contributed by atoms with Crippen LogP contribution < -0.4 is 0 Å². The summed E-state index contributed by atoms with van der Waals surface area (Å²) < 4.78 is 5.71. The monoisotopic (exact) mass is 243 g/mol. The molecule has 0 saturated heterocycles. The van der Waals surface area contributed by atoms with Gasteiger partial charge < -0.3 is 14.5 Å². The molecular weight excluding hydrogens is 214 g/mol. The molecule has 0 aliphatic rings. The zero-order valence-electron chi connectivity index (χ0n) is 12.5. The predicted octanol–water partition coefficient (Wildman–Crippen LogP) is 1.92. The Hall–Kier alpha value is -0.770. The normalized spacial score (nSPS) is 12.5. The number of guanidine groups is 1.